The Hall–Kier alpha value is -2.54. The van der Waals surface area contributed by atoms with E-state index in [2.05, 4.69) is 9.98 Å². The largest absolute Gasteiger partial charge is 0.491 e. The Bertz CT molecular complexity index is 1280. The Kier molecular flexibility index (Phi) is 6.98. The van der Waals surface area contributed by atoms with Crippen molar-refractivity contribution in [2.45, 2.75) is 15.9 Å². The molecular weight excluding hydrogens is 486 g/mol. The number of rotatable bonds is 10. The van der Waals surface area contributed by atoms with Crippen molar-refractivity contribution >= 4 is 60.7 Å². The number of aliphatic carboxylic acids is 1. The van der Waals surface area contributed by atoms with E-state index in [1.54, 1.807) is 30.7 Å². The van der Waals surface area contributed by atoms with Crippen molar-refractivity contribution in [2.75, 3.05) is 38.2 Å². The lowest BCUT2D eigenvalue weighted by atomic mass is 10.2. The van der Waals surface area contributed by atoms with Gasteiger partial charge in [0.2, 0.25) is 0 Å². The van der Waals surface area contributed by atoms with E-state index in [1.165, 1.54) is 23.1 Å². The molecule has 176 valence electrons. The molecule has 0 amide bonds. The van der Waals surface area contributed by atoms with Crippen molar-refractivity contribution in [1.82, 2.24) is 4.98 Å². The van der Waals surface area contributed by atoms with Crippen molar-refractivity contribution in [2.24, 2.45) is 4.99 Å². The minimum absolute atomic E-state index is 0.0302. The maximum absolute atomic E-state index is 13.2. The number of aromatic nitrogens is 1. The van der Waals surface area contributed by atoms with Crippen LogP contribution in [0.2, 0.25) is 0 Å². The fourth-order valence-corrected chi connectivity index (χ4v) is 6.87. The van der Waals surface area contributed by atoms with Crippen LogP contribution in [0, 0.1) is 0 Å². The number of sulfonamides is 1. The number of thioether (sulfide) groups is 1. The average molecular weight is 510 g/mol. The molecule has 1 atom stereocenters. The van der Waals surface area contributed by atoms with Gasteiger partial charge in [-0.15, -0.1) is 11.3 Å². The highest BCUT2D eigenvalue weighted by Gasteiger charge is 2.27. The standard InChI is InChI=1S/C21H23N3O6S3/c1-24(33(27,28)19-4-3-7-31-19)17-10-14(30-6-5-29-2)8-13-9-16(23-20(13)17)21-22-12-15(32-21)11-18(25)26/h3-4,7-10,15,23H,5-6,11-12H2,1-2H3,(H,25,26). The topological polar surface area (TPSA) is 121 Å². The Labute approximate surface area is 199 Å². The van der Waals surface area contributed by atoms with Crippen LogP contribution in [0.4, 0.5) is 5.69 Å². The Balaban J connectivity index is 1.73. The van der Waals surface area contributed by atoms with E-state index in [0.717, 1.165) is 16.7 Å². The van der Waals surface area contributed by atoms with Gasteiger partial charge in [-0.25, -0.2) is 8.42 Å². The second-order valence-electron chi connectivity index (χ2n) is 7.32. The van der Waals surface area contributed by atoms with Crippen LogP contribution in [0.25, 0.3) is 10.9 Å². The summed E-state index contributed by atoms with van der Waals surface area (Å²) in [7, 11) is -0.677. The number of carboxylic acids is 1. The fraction of sp³-hybridized carbons (Fsp3) is 0.333. The zero-order valence-electron chi connectivity index (χ0n) is 18.0. The molecule has 9 nitrogen and oxygen atoms in total. The normalized spacial score (nSPS) is 16.2. The van der Waals surface area contributed by atoms with Gasteiger partial charge in [-0.1, -0.05) is 17.8 Å². The van der Waals surface area contributed by atoms with Gasteiger partial charge in [0.25, 0.3) is 10.0 Å². The van der Waals surface area contributed by atoms with Crippen molar-refractivity contribution in [1.29, 1.82) is 0 Å². The number of benzene rings is 1. The summed E-state index contributed by atoms with van der Waals surface area (Å²) in [6.45, 7) is 1.14. The number of hydrogen-bond donors (Lipinski definition) is 2. The summed E-state index contributed by atoms with van der Waals surface area (Å²) in [5.41, 5.74) is 1.77. The second kappa shape index (κ2) is 9.75. The van der Waals surface area contributed by atoms with E-state index in [1.807, 2.05) is 12.1 Å². The molecular formula is C21H23N3O6S3. The van der Waals surface area contributed by atoms with Gasteiger partial charge in [-0.2, -0.15) is 0 Å². The summed E-state index contributed by atoms with van der Waals surface area (Å²) in [5.74, 6) is -0.348. The monoisotopic (exact) mass is 509 g/mol. The molecule has 2 N–H and O–H groups in total. The van der Waals surface area contributed by atoms with Crippen molar-refractivity contribution in [3.8, 4) is 5.75 Å². The number of aliphatic imine (C=N–C) groups is 1. The first-order chi connectivity index (χ1) is 15.8. The average Bonchev–Trinajstić information content (AvgIpc) is 3.52. The number of H-pyrrole nitrogens is 1. The molecule has 3 heterocycles. The van der Waals surface area contributed by atoms with E-state index in [4.69, 9.17) is 14.6 Å². The molecule has 0 spiro atoms. The van der Waals surface area contributed by atoms with Crippen LogP contribution in [0.15, 0.2) is 44.9 Å². The number of methoxy groups -OCH3 is 1. The minimum atomic E-state index is -3.76. The molecule has 4 rings (SSSR count). The summed E-state index contributed by atoms with van der Waals surface area (Å²) in [6.07, 6.45) is 0.0302. The summed E-state index contributed by atoms with van der Waals surface area (Å²) < 4.78 is 38.7. The molecule has 12 heteroatoms. The molecule has 0 radical (unpaired) electrons. The van der Waals surface area contributed by atoms with Gasteiger partial charge in [0.15, 0.2) is 0 Å². The highest BCUT2D eigenvalue weighted by atomic mass is 32.2. The van der Waals surface area contributed by atoms with Crippen molar-refractivity contribution in [3.63, 3.8) is 0 Å². The molecule has 1 aliphatic rings. The number of aromatic amines is 1. The maximum Gasteiger partial charge on any atom is 0.304 e. The third-order valence-electron chi connectivity index (χ3n) is 5.04. The van der Waals surface area contributed by atoms with Crippen LogP contribution in [-0.2, 0) is 19.6 Å². The van der Waals surface area contributed by atoms with Crippen LogP contribution in [0.5, 0.6) is 5.75 Å². The number of anilines is 1. The van der Waals surface area contributed by atoms with Crippen LogP contribution < -0.4 is 9.04 Å². The van der Waals surface area contributed by atoms with E-state index in [0.29, 0.717) is 47.4 Å². The zero-order chi connectivity index (χ0) is 23.6. The zero-order valence-corrected chi connectivity index (χ0v) is 20.4. The van der Waals surface area contributed by atoms with Gasteiger partial charge in [0, 0.05) is 30.9 Å². The van der Waals surface area contributed by atoms with Gasteiger partial charge < -0.3 is 19.6 Å². The lowest BCUT2D eigenvalue weighted by Crippen LogP contribution is -2.26. The summed E-state index contributed by atoms with van der Waals surface area (Å²) in [5, 5.41) is 12.1. The first-order valence-corrected chi connectivity index (χ1v) is 13.2. The second-order valence-corrected chi connectivity index (χ2v) is 11.8. The Morgan fingerprint density at radius 2 is 2.15 bits per heavy atom. The third kappa shape index (κ3) is 5.03. The lowest BCUT2D eigenvalue weighted by molar-refractivity contribution is -0.136. The van der Waals surface area contributed by atoms with Crippen LogP contribution in [0.3, 0.4) is 0 Å². The van der Waals surface area contributed by atoms with Crippen molar-refractivity contribution < 1.29 is 27.8 Å². The first kappa shape index (κ1) is 23.6. The number of hydrogen-bond acceptors (Lipinski definition) is 8. The molecule has 2 aromatic heterocycles. The summed E-state index contributed by atoms with van der Waals surface area (Å²) in [6, 6.07) is 8.65. The number of thiophene rings is 1. The van der Waals surface area contributed by atoms with E-state index >= 15 is 0 Å². The fourth-order valence-electron chi connectivity index (χ4n) is 3.43. The van der Waals surface area contributed by atoms with Gasteiger partial charge in [0.05, 0.1) is 36.5 Å². The lowest BCUT2D eigenvalue weighted by Gasteiger charge is -2.20. The predicted octanol–water partition coefficient (Wildman–Crippen LogP) is 3.42. The quantitative estimate of drug-likeness (QED) is 0.402. The molecule has 1 unspecified atom stereocenters. The summed E-state index contributed by atoms with van der Waals surface area (Å²) >= 11 is 2.56. The highest BCUT2D eigenvalue weighted by Crippen LogP contribution is 2.37. The molecule has 33 heavy (non-hydrogen) atoms. The molecule has 0 aliphatic carbocycles. The Morgan fingerprint density at radius 3 is 2.85 bits per heavy atom. The number of carbonyl (C=O) groups is 1. The molecule has 0 saturated carbocycles. The number of carboxylic acid groups (broad SMARTS) is 1. The minimum Gasteiger partial charge on any atom is -0.491 e. The molecule has 0 saturated heterocycles. The Morgan fingerprint density at radius 1 is 1.33 bits per heavy atom. The van der Waals surface area contributed by atoms with Gasteiger partial charge in [-0.3, -0.25) is 14.1 Å². The summed E-state index contributed by atoms with van der Waals surface area (Å²) in [4.78, 5) is 18.8. The smallest absolute Gasteiger partial charge is 0.304 e. The van der Waals surface area contributed by atoms with Crippen LogP contribution >= 0.6 is 23.1 Å². The number of fused-ring (bicyclic) bond motifs is 1. The van der Waals surface area contributed by atoms with E-state index < -0.39 is 16.0 Å². The molecule has 0 bridgehead atoms. The molecule has 0 fully saturated rings. The molecule has 1 aromatic carbocycles. The van der Waals surface area contributed by atoms with Gasteiger partial charge in [-0.05, 0) is 23.6 Å². The van der Waals surface area contributed by atoms with Crippen LogP contribution in [0.1, 0.15) is 12.1 Å². The van der Waals surface area contributed by atoms with Crippen molar-refractivity contribution in [3.05, 3.63) is 41.4 Å². The third-order valence-corrected chi connectivity index (χ3v) is 9.40. The SMILES string of the molecule is COCCOc1cc(N(C)S(=O)(=O)c2cccs2)c2[nH]c(C3=NCC(CC(=O)O)S3)cc2c1. The first-order valence-electron chi connectivity index (χ1n) is 10.0. The van der Waals surface area contributed by atoms with Crippen LogP contribution in [-0.4, -0.2) is 68.7 Å². The van der Waals surface area contributed by atoms with E-state index in [9.17, 15) is 13.2 Å². The highest BCUT2D eigenvalue weighted by molar-refractivity contribution is 8.15. The predicted molar refractivity (Wildman–Crippen MR) is 131 cm³/mol. The maximum atomic E-state index is 13.2. The number of nitrogens with one attached hydrogen (secondary N) is 1. The van der Waals surface area contributed by atoms with E-state index in [-0.39, 0.29) is 15.9 Å². The number of ether oxygens (including phenoxy) is 2. The molecule has 3 aromatic rings. The molecule has 1 aliphatic heterocycles. The number of nitrogens with zero attached hydrogens (tertiary/aromatic N) is 2. The van der Waals surface area contributed by atoms with Gasteiger partial charge >= 0.3 is 5.97 Å². The van der Waals surface area contributed by atoms with Gasteiger partial charge in [0.1, 0.15) is 21.6 Å².